The molecule has 1 aromatic heterocycles. The van der Waals surface area contributed by atoms with Crippen LogP contribution in [0.5, 0.6) is 0 Å². The normalized spacial score (nSPS) is 22.4. The smallest absolute Gasteiger partial charge is 0.408 e. The molecule has 3 rings (SSSR count). The number of hydrogen-bond acceptors (Lipinski definition) is 4. The molecule has 1 aliphatic heterocycles. The first kappa shape index (κ1) is 15.3. The summed E-state index contributed by atoms with van der Waals surface area (Å²) in [5.74, 6) is -0.592. The number of hydrogen-bond donors (Lipinski definition) is 3. The van der Waals surface area contributed by atoms with Crippen molar-refractivity contribution in [2.45, 2.75) is 30.7 Å². The number of rotatable bonds is 5. The molecule has 120 valence electrons. The first-order chi connectivity index (χ1) is 10.5. The highest BCUT2D eigenvalue weighted by Gasteiger charge is 2.28. The summed E-state index contributed by atoms with van der Waals surface area (Å²) in [6, 6.07) is 4.70. The fraction of sp³-hybridized carbons (Fsp3) is 0.500. The number of likely N-dealkylation sites (N-methyl/N-ethyl adjacent to an activating group) is 1. The zero-order valence-corrected chi connectivity index (χ0v) is 13.2. The Morgan fingerprint density at radius 1 is 1.45 bits per heavy atom. The van der Waals surface area contributed by atoms with E-state index < -0.39 is 15.8 Å². The van der Waals surface area contributed by atoms with Gasteiger partial charge in [-0.3, -0.25) is 4.98 Å². The number of sulfonamides is 1. The number of benzene rings is 1. The lowest BCUT2D eigenvalue weighted by molar-refractivity contribution is -0.909. The van der Waals surface area contributed by atoms with Crippen molar-refractivity contribution >= 4 is 21.1 Å². The number of fused-ring (bicyclic) bond motifs is 1. The fourth-order valence-electron chi connectivity index (χ4n) is 3.08. The van der Waals surface area contributed by atoms with Crippen molar-refractivity contribution in [1.82, 2.24) is 9.71 Å². The Morgan fingerprint density at radius 2 is 2.27 bits per heavy atom. The summed E-state index contributed by atoms with van der Waals surface area (Å²) in [5.41, 5.74) is 0.732. The van der Waals surface area contributed by atoms with E-state index in [1.807, 2.05) is 0 Å². The van der Waals surface area contributed by atoms with E-state index in [0.29, 0.717) is 18.1 Å². The monoisotopic (exact) mass is 326 g/mol. The number of aromatic amines is 1. The second-order valence-corrected chi connectivity index (χ2v) is 7.39. The van der Waals surface area contributed by atoms with Crippen molar-refractivity contribution in [1.29, 1.82) is 0 Å². The first-order valence-electron chi connectivity index (χ1n) is 7.46. The largest absolute Gasteiger partial charge is 0.417 e. The summed E-state index contributed by atoms with van der Waals surface area (Å²) in [7, 11) is -3.60. The second-order valence-electron chi connectivity index (χ2n) is 5.63. The van der Waals surface area contributed by atoms with Crippen LogP contribution in [-0.4, -0.2) is 39.1 Å². The highest BCUT2D eigenvalue weighted by molar-refractivity contribution is 7.89. The van der Waals surface area contributed by atoms with Crippen LogP contribution in [0.4, 0.5) is 0 Å². The lowest BCUT2D eigenvalue weighted by Gasteiger charge is -2.20. The van der Waals surface area contributed by atoms with E-state index in [-0.39, 0.29) is 10.5 Å². The lowest BCUT2D eigenvalue weighted by atomic mass is 10.2. The molecule has 1 aliphatic rings. The molecular weight excluding hydrogens is 306 g/mol. The maximum atomic E-state index is 12.4. The van der Waals surface area contributed by atoms with E-state index in [1.165, 1.54) is 23.1 Å². The topological polar surface area (TPSA) is 96.6 Å². The molecule has 0 spiro atoms. The molecule has 0 radical (unpaired) electrons. The van der Waals surface area contributed by atoms with Gasteiger partial charge in [0.15, 0.2) is 5.58 Å². The summed E-state index contributed by atoms with van der Waals surface area (Å²) < 4.78 is 32.4. The Bertz CT molecular complexity index is 824. The molecule has 8 heteroatoms. The molecule has 2 aromatic rings. The van der Waals surface area contributed by atoms with Gasteiger partial charge < -0.3 is 9.32 Å². The molecule has 22 heavy (non-hydrogen) atoms. The molecule has 0 saturated carbocycles. The first-order valence-corrected chi connectivity index (χ1v) is 8.95. The van der Waals surface area contributed by atoms with Gasteiger partial charge in [0, 0.05) is 18.9 Å². The second kappa shape index (κ2) is 5.86. The maximum Gasteiger partial charge on any atom is 0.417 e. The summed E-state index contributed by atoms with van der Waals surface area (Å²) in [6.07, 6.45) is 2.17. The minimum atomic E-state index is -3.60. The van der Waals surface area contributed by atoms with Crippen LogP contribution in [0.25, 0.3) is 11.1 Å². The third-order valence-corrected chi connectivity index (χ3v) is 5.73. The van der Waals surface area contributed by atoms with Crippen LogP contribution < -0.4 is 15.4 Å². The summed E-state index contributed by atoms with van der Waals surface area (Å²) in [6.45, 7) is 4.65. The number of aromatic nitrogens is 1. The number of likely N-dealkylation sites (tertiary alicyclic amines) is 1. The highest BCUT2D eigenvalue weighted by Crippen LogP contribution is 2.16. The number of H-pyrrole nitrogens is 1. The molecule has 1 unspecified atom stereocenters. The number of nitrogens with one attached hydrogen (secondary N) is 3. The van der Waals surface area contributed by atoms with Crippen molar-refractivity contribution in [3.63, 3.8) is 0 Å². The summed E-state index contributed by atoms with van der Waals surface area (Å²) >= 11 is 0. The molecule has 7 nitrogen and oxygen atoms in total. The third kappa shape index (κ3) is 2.94. The van der Waals surface area contributed by atoms with Crippen LogP contribution in [-0.2, 0) is 10.0 Å². The summed E-state index contributed by atoms with van der Waals surface area (Å²) in [4.78, 5) is 15.2. The van der Waals surface area contributed by atoms with Crippen LogP contribution in [0.3, 0.4) is 0 Å². The van der Waals surface area contributed by atoms with Gasteiger partial charge in [-0.2, -0.15) is 0 Å². The van der Waals surface area contributed by atoms with Gasteiger partial charge in [0.2, 0.25) is 10.0 Å². The van der Waals surface area contributed by atoms with Crippen LogP contribution in [0.1, 0.15) is 19.8 Å². The van der Waals surface area contributed by atoms with Crippen molar-refractivity contribution in [2.75, 3.05) is 19.6 Å². The van der Waals surface area contributed by atoms with E-state index >= 15 is 0 Å². The number of quaternary nitrogens is 1. The average molecular weight is 326 g/mol. The molecule has 1 saturated heterocycles. The average Bonchev–Trinajstić information content (AvgIpc) is 3.08. The Morgan fingerprint density at radius 3 is 3.05 bits per heavy atom. The Kier molecular flexibility index (Phi) is 4.07. The lowest BCUT2D eigenvalue weighted by Crippen LogP contribution is -3.14. The third-order valence-electron chi connectivity index (χ3n) is 4.30. The van der Waals surface area contributed by atoms with Crippen molar-refractivity contribution < 1.29 is 17.7 Å². The van der Waals surface area contributed by atoms with Gasteiger partial charge in [-0.25, -0.2) is 17.9 Å². The SMILES string of the molecule is CC[NH+]1CCC[C@H]1CNS(=O)(=O)c1ccc2[nH]c(=O)oc2c1. The van der Waals surface area contributed by atoms with Gasteiger partial charge >= 0.3 is 5.76 Å². The van der Waals surface area contributed by atoms with Crippen LogP contribution >= 0.6 is 0 Å². The van der Waals surface area contributed by atoms with Gasteiger partial charge in [0.1, 0.15) is 6.04 Å². The molecular formula is C14H20N3O4S+. The van der Waals surface area contributed by atoms with Crippen LogP contribution in [0.2, 0.25) is 0 Å². The van der Waals surface area contributed by atoms with E-state index in [9.17, 15) is 13.2 Å². The minimum Gasteiger partial charge on any atom is -0.408 e. The van der Waals surface area contributed by atoms with E-state index in [0.717, 1.165) is 25.9 Å². The molecule has 2 atom stereocenters. The Balaban J connectivity index is 1.77. The van der Waals surface area contributed by atoms with Gasteiger partial charge in [-0.15, -0.1) is 0 Å². The van der Waals surface area contributed by atoms with Crippen molar-refractivity contribution in [3.05, 3.63) is 28.7 Å². The molecule has 0 bridgehead atoms. The standard InChI is InChI=1S/C14H19N3O4S/c1-2-17-7-3-4-10(17)9-15-22(19,20)11-5-6-12-13(8-11)21-14(18)16-12/h5-6,8,10,15H,2-4,7,9H2,1H3,(H,16,18)/p+1/t10-/m0/s1. The summed E-state index contributed by atoms with van der Waals surface area (Å²) in [5, 5.41) is 0. The van der Waals surface area contributed by atoms with Crippen LogP contribution in [0.15, 0.2) is 32.3 Å². The molecule has 3 N–H and O–H groups in total. The predicted octanol–water partition coefficient (Wildman–Crippen LogP) is -0.533. The van der Waals surface area contributed by atoms with E-state index in [1.54, 1.807) is 0 Å². The molecule has 1 aromatic carbocycles. The highest BCUT2D eigenvalue weighted by atomic mass is 32.2. The van der Waals surface area contributed by atoms with Gasteiger partial charge in [0.05, 0.1) is 30.0 Å². The quantitative estimate of drug-likeness (QED) is 0.688. The van der Waals surface area contributed by atoms with Crippen molar-refractivity contribution in [3.8, 4) is 0 Å². The van der Waals surface area contributed by atoms with Crippen LogP contribution in [0, 0.1) is 0 Å². The molecule has 1 fully saturated rings. The van der Waals surface area contributed by atoms with Gasteiger partial charge in [-0.05, 0) is 19.1 Å². The molecule has 0 aliphatic carbocycles. The number of oxazole rings is 1. The van der Waals surface area contributed by atoms with Gasteiger partial charge in [0.25, 0.3) is 0 Å². The minimum absolute atomic E-state index is 0.110. The van der Waals surface area contributed by atoms with Crippen molar-refractivity contribution in [2.24, 2.45) is 0 Å². The maximum absolute atomic E-state index is 12.4. The molecule has 2 heterocycles. The zero-order valence-electron chi connectivity index (χ0n) is 12.4. The van der Waals surface area contributed by atoms with Gasteiger partial charge in [-0.1, -0.05) is 0 Å². The zero-order chi connectivity index (χ0) is 15.7. The van der Waals surface area contributed by atoms with E-state index in [4.69, 9.17) is 4.42 Å². The fourth-order valence-corrected chi connectivity index (χ4v) is 4.18. The van der Waals surface area contributed by atoms with E-state index in [2.05, 4.69) is 16.6 Å². The Hall–Kier alpha value is -1.64. The predicted molar refractivity (Wildman–Crippen MR) is 81.4 cm³/mol. The molecule has 0 amide bonds. The Labute approximate surface area is 128 Å².